The molecule has 2 N–H and O–H groups in total. The normalized spacial score (nSPS) is 10.5. The summed E-state index contributed by atoms with van der Waals surface area (Å²) in [4.78, 5) is 22.4. The summed E-state index contributed by atoms with van der Waals surface area (Å²) in [6, 6.07) is 0. The van der Waals surface area contributed by atoms with Gasteiger partial charge in [0.15, 0.2) is 0 Å². The first kappa shape index (κ1) is 15.4. The predicted molar refractivity (Wildman–Crippen MR) is 69.5 cm³/mol. The summed E-state index contributed by atoms with van der Waals surface area (Å²) in [5.41, 5.74) is -0.278. The molecule has 0 saturated carbocycles. The Bertz CT molecular complexity index is 294. The van der Waals surface area contributed by atoms with Gasteiger partial charge in [-0.1, -0.05) is 27.0 Å². The van der Waals surface area contributed by atoms with Gasteiger partial charge in [0.1, 0.15) is 0 Å². The molecule has 0 aliphatic carbocycles. The Labute approximate surface area is 103 Å². The van der Waals surface area contributed by atoms with Crippen LogP contribution in [0.5, 0.6) is 0 Å². The van der Waals surface area contributed by atoms with E-state index < -0.39 is 0 Å². The van der Waals surface area contributed by atoms with Crippen LogP contribution >= 0.6 is 0 Å². The van der Waals surface area contributed by atoms with E-state index >= 15 is 0 Å². The molecule has 0 spiro atoms. The first-order chi connectivity index (χ1) is 8.03. The van der Waals surface area contributed by atoms with E-state index in [9.17, 15) is 9.59 Å². The Kier molecular flexibility index (Phi) is 6.94. The van der Waals surface area contributed by atoms with E-state index in [4.69, 9.17) is 0 Å². The molecule has 0 rings (SSSR count). The average Bonchev–Trinajstić information content (AvgIpc) is 2.36. The van der Waals surface area contributed by atoms with E-state index in [-0.39, 0.29) is 17.4 Å². The highest BCUT2D eigenvalue weighted by molar-refractivity contribution is 5.87. The van der Waals surface area contributed by atoms with Crippen molar-refractivity contribution in [3.8, 4) is 0 Å². The van der Waals surface area contributed by atoms with E-state index in [0.29, 0.717) is 13.0 Å². The van der Waals surface area contributed by atoms with Crippen LogP contribution in [-0.2, 0) is 9.59 Å². The van der Waals surface area contributed by atoms with Crippen LogP contribution in [0.25, 0.3) is 0 Å². The Hall–Kier alpha value is -1.58. The van der Waals surface area contributed by atoms with Gasteiger partial charge in [-0.2, -0.15) is 0 Å². The van der Waals surface area contributed by atoms with Gasteiger partial charge in [0.2, 0.25) is 11.8 Å². The van der Waals surface area contributed by atoms with E-state index in [1.165, 1.54) is 12.2 Å². The van der Waals surface area contributed by atoms with Crippen molar-refractivity contribution in [2.75, 3.05) is 6.54 Å². The van der Waals surface area contributed by atoms with Crippen LogP contribution in [-0.4, -0.2) is 23.9 Å². The summed E-state index contributed by atoms with van der Waals surface area (Å²) < 4.78 is 0. The van der Waals surface area contributed by atoms with Crippen molar-refractivity contribution in [1.82, 2.24) is 10.6 Å². The number of carbonyl (C=O) groups excluding carboxylic acids is 2. The minimum Gasteiger partial charge on any atom is -0.352 e. The quantitative estimate of drug-likeness (QED) is 0.630. The fourth-order valence-electron chi connectivity index (χ4n) is 1.65. The second-order valence-electron chi connectivity index (χ2n) is 3.93. The largest absolute Gasteiger partial charge is 0.352 e. The number of hydrogen-bond acceptors (Lipinski definition) is 2. The highest BCUT2D eigenvalue weighted by Gasteiger charge is 2.26. The standard InChI is InChI=1S/C13H22N2O2/c1-5-11(16)14-10-9-13(7-3,8-4)15-12(17)6-2/h5-6H,1-2,7-10H2,3-4H3,(H,14,16)(H,15,17). The molecule has 0 aliphatic rings. The van der Waals surface area contributed by atoms with E-state index in [0.717, 1.165) is 12.8 Å². The fraction of sp³-hybridized carbons (Fsp3) is 0.538. The second-order valence-corrected chi connectivity index (χ2v) is 3.93. The van der Waals surface area contributed by atoms with Crippen LogP contribution in [0.15, 0.2) is 25.3 Å². The number of nitrogens with one attached hydrogen (secondary N) is 2. The van der Waals surface area contributed by atoms with Crippen LogP contribution < -0.4 is 10.6 Å². The van der Waals surface area contributed by atoms with Crippen molar-refractivity contribution in [1.29, 1.82) is 0 Å². The third-order valence-electron chi connectivity index (χ3n) is 3.02. The maximum Gasteiger partial charge on any atom is 0.243 e. The molecule has 0 atom stereocenters. The maximum atomic E-state index is 11.4. The summed E-state index contributed by atoms with van der Waals surface area (Å²) in [5.74, 6) is -0.370. The van der Waals surface area contributed by atoms with Crippen LogP contribution in [0.2, 0.25) is 0 Å². The molecule has 4 nitrogen and oxygen atoms in total. The Morgan fingerprint density at radius 1 is 1.12 bits per heavy atom. The van der Waals surface area contributed by atoms with Crippen molar-refractivity contribution in [3.05, 3.63) is 25.3 Å². The molecular formula is C13H22N2O2. The molecule has 2 amide bonds. The van der Waals surface area contributed by atoms with Gasteiger partial charge in [-0.25, -0.2) is 0 Å². The number of rotatable bonds is 8. The summed E-state index contributed by atoms with van der Waals surface area (Å²) in [7, 11) is 0. The molecule has 17 heavy (non-hydrogen) atoms. The molecule has 0 saturated heterocycles. The van der Waals surface area contributed by atoms with Gasteiger partial charge in [-0.05, 0) is 31.4 Å². The molecule has 0 bridgehead atoms. The lowest BCUT2D eigenvalue weighted by atomic mass is 9.89. The van der Waals surface area contributed by atoms with Crippen LogP contribution in [0.4, 0.5) is 0 Å². The van der Waals surface area contributed by atoms with Gasteiger partial charge in [0.25, 0.3) is 0 Å². The molecule has 0 aliphatic heterocycles. The molecule has 0 unspecified atom stereocenters. The summed E-state index contributed by atoms with van der Waals surface area (Å²) in [6.45, 7) is 11.4. The van der Waals surface area contributed by atoms with Gasteiger partial charge in [-0.3, -0.25) is 9.59 Å². The lowest BCUT2D eigenvalue weighted by Gasteiger charge is -2.32. The molecule has 0 fully saturated rings. The Morgan fingerprint density at radius 2 is 1.65 bits per heavy atom. The van der Waals surface area contributed by atoms with Gasteiger partial charge in [-0.15, -0.1) is 0 Å². The monoisotopic (exact) mass is 238 g/mol. The summed E-state index contributed by atoms with van der Waals surface area (Å²) in [6.07, 6.45) is 4.82. The molecule has 0 aromatic carbocycles. The number of carbonyl (C=O) groups is 2. The van der Waals surface area contributed by atoms with Crippen LogP contribution in [0, 0.1) is 0 Å². The van der Waals surface area contributed by atoms with Gasteiger partial charge in [0, 0.05) is 12.1 Å². The van der Waals surface area contributed by atoms with Gasteiger partial charge in [0.05, 0.1) is 0 Å². The SMILES string of the molecule is C=CC(=O)NCCC(CC)(CC)NC(=O)C=C. The second kappa shape index (κ2) is 7.65. The van der Waals surface area contributed by atoms with Crippen molar-refractivity contribution in [3.63, 3.8) is 0 Å². The van der Waals surface area contributed by atoms with E-state index in [2.05, 4.69) is 23.8 Å². The zero-order valence-corrected chi connectivity index (χ0v) is 10.7. The average molecular weight is 238 g/mol. The van der Waals surface area contributed by atoms with Crippen molar-refractivity contribution in [2.45, 2.75) is 38.6 Å². The Morgan fingerprint density at radius 3 is 2.06 bits per heavy atom. The number of amides is 2. The molecule has 0 aromatic heterocycles. The highest BCUT2D eigenvalue weighted by atomic mass is 16.2. The van der Waals surface area contributed by atoms with Crippen molar-refractivity contribution < 1.29 is 9.59 Å². The summed E-state index contributed by atoms with van der Waals surface area (Å²) in [5, 5.41) is 5.65. The molecule has 0 aromatic rings. The maximum absolute atomic E-state index is 11.4. The minimum absolute atomic E-state index is 0.177. The van der Waals surface area contributed by atoms with E-state index in [1.807, 2.05) is 13.8 Å². The minimum atomic E-state index is -0.278. The third-order valence-corrected chi connectivity index (χ3v) is 3.02. The molecule has 0 heterocycles. The van der Waals surface area contributed by atoms with Crippen molar-refractivity contribution >= 4 is 11.8 Å². The van der Waals surface area contributed by atoms with Crippen LogP contribution in [0.1, 0.15) is 33.1 Å². The first-order valence-corrected chi connectivity index (χ1v) is 5.88. The zero-order chi connectivity index (χ0) is 13.3. The molecule has 96 valence electrons. The lowest BCUT2D eigenvalue weighted by Crippen LogP contribution is -2.49. The zero-order valence-electron chi connectivity index (χ0n) is 10.7. The predicted octanol–water partition coefficient (Wildman–Crippen LogP) is 1.54. The van der Waals surface area contributed by atoms with Gasteiger partial charge < -0.3 is 10.6 Å². The van der Waals surface area contributed by atoms with Crippen LogP contribution in [0.3, 0.4) is 0 Å². The smallest absolute Gasteiger partial charge is 0.243 e. The Balaban J connectivity index is 4.39. The van der Waals surface area contributed by atoms with E-state index in [1.54, 1.807) is 0 Å². The molecular weight excluding hydrogens is 216 g/mol. The first-order valence-electron chi connectivity index (χ1n) is 5.88. The van der Waals surface area contributed by atoms with Gasteiger partial charge >= 0.3 is 0 Å². The molecule has 0 radical (unpaired) electrons. The summed E-state index contributed by atoms with van der Waals surface area (Å²) >= 11 is 0. The topological polar surface area (TPSA) is 58.2 Å². The molecule has 4 heteroatoms. The highest BCUT2D eigenvalue weighted by Crippen LogP contribution is 2.19. The lowest BCUT2D eigenvalue weighted by molar-refractivity contribution is -0.118. The number of hydrogen-bond donors (Lipinski definition) is 2. The van der Waals surface area contributed by atoms with Crippen molar-refractivity contribution in [2.24, 2.45) is 0 Å². The third kappa shape index (κ3) is 5.33. The fourth-order valence-corrected chi connectivity index (χ4v) is 1.65.